The van der Waals surface area contributed by atoms with Crippen LogP contribution in [-0.4, -0.2) is 11.1 Å². The smallest absolute Gasteiger partial charge is 0.117 e. The van der Waals surface area contributed by atoms with Gasteiger partial charge in [0.25, 0.3) is 0 Å². The van der Waals surface area contributed by atoms with Crippen molar-refractivity contribution >= 4 is 0 Å². The Morgan fingerprint density at radius 2 is 1.88 bits per heavy atom. The molecule has 0 aliphatic rings. The molecule has 0 atom stereocenters. The van der Waals surface area contributed by atoms with E-state index in [2.05, 4.69) is 65.5 Å². The number of para-hydroxylation sites is 1. The second-order valence-electron chi connectivity index (χ2n) is 4.34. The van der Waals surface area contributed by atoms with Crippen molar-refractivity contribution in [1.82, 2.24) is 4.57 Å². The normalized spacial score (nSPS) is 10.6. The molecule has 90 valence electrons. The molecule has 0 radical (unpaired) electrons. The molecule has 0 spiro atoms. The predicted octanol–water partition coefficient (Wildman–Crippen LogP) is 2.34. The highest BCUT2D eigenvalue weighted by Gasteiger charge is 2.03. The first kappa shape index (κ1) is 11.9. The van der Waals surface area contributed by atoms with E-state index in [1.165, 1.54) is 30.8 Å². The third-order valence-electron chi connectivity index (χ3n) is 2.98. The third kappa shape index (κ3) is 3.21. The quantitative estimate of drug-likeness (QED) is 0.734. The zero-order valence-electron chi connectivity index (χ0n) is 10.5. The molecule has 0 saturated carbocycles. The average Bonchev–Trinajstić information content (AvgIpc) is 2.84. The van der Waals surface area contributed by atoms with Gasteiger partial charge in [-0.25, -0.2) is 0 Å². The van der Waals surface area contributed by atoms with Crippen LogP contribution in [0.3, 0.4) is 0 Å². The maximum Gasteiger partial charge on any atom is 0.117 e. The van der Waals surface area contributed by atoms with Crippen LogP contribution in [0, 0.1) is 0 Å². The number of hydrogen-bond donors (Lipinski definition) is 1. The molecule has 0 amide bonds. The Bertz CT molecular complexity index is 431. The Kier molecular flexibility index (Phi) is 4.39. The molecule has 2 rings (SSSR count). The summed E-state index contributed by atoms with van der Waals surface area (Å²) in [5.74, 6) is 0. The molecule has 1 aromatic heterocycles. The molecule has 0 saturated heterocycles. The van der Waals surface area contributed by atoms with Crippen LogP contribution in [0.5, 0.6) is 0 Å². The van der Waals surface area contributed by atoms with Crippen LogP contribution in [0.15, 0.2) is 48.7 Å². The van der Waals surface area contributed by atoms with Crippen molar-refractivity contribution < 1.29 is 5.32 Å². The van der Waals surface area contributed by atoms with Gasteiger partial charge >= 0.3 is 0 Å². The van der Waals surface area contributed by atoms with Gasteiger partial charge in [0, 0.05) is 11.9 Å². The summed E-state index contributed by atoms with van der Waals surface area (Å²) in [6.07, 6.45) is 4.71. The van der Waals surface area contributed by atoms with Gasteiger partial charge in [0.2, 0.25) is 0 Å². The fraction of sp³-hybridized carbons (Fsp3) is 0.333. The van der Waals surface area contributed by atoms with Gasteiger partial charge < -0.3 is 9.88 Å². The molecule has 2 nitrogen and oxygen atoms in total. The van der Waals surface area contributed by atoms with Gasteiger partial charge in [-0.3, -0.25) is 0 Å². The van der Waals surface area contributed by atoms with Crippen molar-refractivity contribution in [3.63, 3.8) is 0 Å². The van der Waals surface area contributed by atoms with Crippen LogP contribution in [-0.2, 0) is 6.54 Å². The molecule has 0 bridgehead atoms. The molecule has 17 heavy (non-hydrogen) atoms. The van der Waals surface area contributed by atoms with Crippen LogP contribution < -0.4 is 5.32 Å². The summed E-state index contributed by atoms with van der Waals surface area (Å²) in [4.78, 5) is 0. The average molecular weight is 229 g/mol. The van der Waals surface area contributed by atoms with E-state index in [0.717, 1.165) is 6.54 Å². The monoisotopic (exact) mass is 229 g/mol. The van der Waals surface area contributed by atoms with E-state index in [1.54, 1.807) is 0 Å². The third-order valence-corrected chi connectivity index (χ3v) is 2.98. The number of nitrogens with zero attached hydrogens (tertiary/aromatic N) is 1. The van der Waals surface area contributed by atoms with Gasteiger partial charge in [-0.15, -0.1) is 0 Å². The largest absolute Gasteiger partial charge is 0.341 e. The Morgan fingerprint density at radius 3 is 2.65 bits per heavy atom. The van der Waals surface area contributed by atoms with Crippen molar-refractivity contribution in [2.24, 2.45) is 0 Å². The van der Waals surface area contributed by atoms with E-state index in [4.69, 9.17) is 0 Å². The zero-order chi connectivity index (χ0) is 11.9. The molecule has 1 aromatic carbocycles. The SMILES string of the molecule is CCCC[NH2+]Cc1cccn1-c1ccccc1. The molecule has 2 heteroatoms. The lowest BCUT2D eigenvalue weighted by Crippen LogP contribution is -2.82. The summed E-state index contributed by atoms with van der Waals surface area (Å²) < 4.78 is 2.27. The maximum atomic E-state index is 2.39. The minimum Gasteiger partial charge on any atom is -0.341 e. The van der Waals surface area contributed by atoms with Crippen molar-refractivity contribution in [3.8, 4) is 5.69 Å². The molecular formula is C15H21N2+. The fourth-order valence-electron chi connectivity index (χ4n) is 2.02. The van der Waals surface area contributed by atoms with E-state index in [-0.39, 0.29) is 0 Å². The zero-order valence-corrected chi connectivity index (χ0v) is 10.5. The lowest BCUT2D eigenvalue weighted by Gasteiger charge is -2.08. The summed E-state index contributed by atoms with van der Waals surface area (Å²) in [7, 11) is 0. The second kappa shape index (κ2) is 6.26. The lowest BCUT2D eigenvalue weighted by atomic mass is 10.3. The van der Waals surface area contributed by atoms with Crippen molar-refractivity contribution in [2.45, 2.75) is 26.3 Å². The Morgan fingerprint density at radius 1 is 1.06 bits per heavy atom. The van der Waals surface area contributed by atoms with Gasteiger partial charge in [0.1, 0.15) is 6.54 Å². The van der Waals surface area contributed by atoms with Gasteiger partial charge in [0.15, 0.2) is 0 Å². The Hall–Kier alpha value is -1.54. The molecule has 1 heterocycles. The molecule has 0 fully saturated rings. The first-order valence-corrected chi connectivity index (χ1v) is 6.45. The topological polar surface area (TPSA) is 21.5 Å². The summed E-state index contributed by atoms with van der Waals surface area (Å²) in [6.45, 7) is 4.51. The predicted molar refractivity (Wildman–Crippen MR) is 71.2 cm³/mol. The minimum absolute atomic E-state index is 1.06. The number of rotatable bonds is 6. The number of unbranched alkanes of at least 4 members (excludes halogenated alkanes) is 1. The van der Waals surface area contributed by atoms with E-state index in [0.29, 0.717) is 0 Å². The standard InChI is InChI=1S/C15H20N2/c1-2-3-11-16-13-15-10-7-12-17(15)14-8-5-4-6-9-14/h4-10,12,16H,2-3,11,13H2,1H3/p+1. The van der Waals surface area contributed by atoms with E-state index in [1.807, 2.05) is 0 Å². The minimum atomic E-state index is 1.06. The highest BCUT2D eigenvalue weighted by Crippen LogP contribution is 2.11. The molecule has 2 N–H and O–H groups in total. The van der Waals surface area contributed by atoms with Gasteiger partial charge in [0.05, 0.1) is 12.2 Å². The molecule has 0 unspecified atom stereocenters. The number of quaternary nitrogens is 1. The van der Waals surface area contributed by atoms with Crippen LogP contribution in [0.1, 0.15) is 25.5 Å². The number of nitrogens with two attached hydrogens (primary N) is 1. The first-order valence-electron chi connectivity index (χ1n) is 6.45. The molecule has 0 aliphatic carbocycles. The van der Waals surface area contributed by atoms with E-state index >= 15 is 0 Å². The lowest BCUT2D eigenvalue weighted by molar-refractivity contribution is -0.671. The van der Waals surface area contributed by atoms with E-state index in [9.17, 15) is 0 Å². The Balaban J connectivity index is 2.02. The molecule has 2 aromatic rings. The second-order valence-corrected chi connectivity index (χ2v) is 4.34. The fourth-order valence-corrected chi connectivity index (χ4v) is 2.02. The van der Waals surface area contributed by atoms with Crippen molar-refractivity contribution in [2.75, 3.05) is 6.54 Å². The Labute approximate surface area is 103 Å². The summed E-state index contributed by atoms with van der Waals surface area (Å²) in [6, 6.07) is 14.8. The van der Waals surface area contributed by atoms with Crippen LogP contribution in [0.2, 0.25) is 0 Å². The summed E-state index contributed by atoms with van der Waals surface area (Å²) >= 11 is 0. The van der Waals surface area contributed by atoms with Gasteiger partial charge in [-0.05, 0) is 30.7 Å². The van der Waals surface area contributed by atoms with Crippen molar-refractivity contribution in [3.05, 3.63) is 54.4 Å². The van der Waals surface area contributed by atoms with Crippen LogP contribution in [0.4, 0.5) is 0 Å². The van der Waals surface area contributed by atoms with Gasteiger partial charge in [-0.1, -0.05) is 31.5 Å². The van der Waals surface area contributed by atoms with Crippen LogP contribution in [0.25, 0.3) is 5.69 Å². The van der Waals surface area contributed by atoms with E-state index < -0.39 is 0 Å². The van der Waals surface area contributed by atoms with Crippen molar-refractivity contribution in [1.29, 1.82) is 0 Å². The molecule has 0 aliphatic heterocycles. The highest BCUT2D eigenvalue weighted by molar-refractivity contribution is 5.34. The molecular weight excluding hydrogens is 208 g/mol. The number of benzene rings is 1. The maximum absolute atomic E-state index is 2.39. The summed E-state index contributed by atoms with van der Waals surface area (Å²) in [5, 5.41) is 2.39. The number of aromatic nitrogens is 1. The first-order chi connectivity index (χ1) is 8.42. The van der Waals surface area contributed by atoms with Crippen LogP contribution >= 0.6 is 0 Å². The summed E-state index contributed by atoms with van der Waals surface area (Å²) in [5.41, 5.74) is 2.61. The highest BCUT2D eigenvalue weighted by atomic mass is 15.0. The van der Waals surface area contributed by atoms with Gasteiger partial charge in [-0.2, -0.15) is 0 Å². The number of hydrogen-bond acceptors (Lipinski definition) is 0.